The Hall–Kier alpha value is -3.29. The van der Waals surface area contributed by atoms with Crippen LogP contribution in [0.25, 0.3) is 5.69 Å². The molecular formula is C23H19ClF4N2O6S. The van der Waals surface area contributed by atoms with Crippen molar-refractivity contribution >= 4 is 29.3 Å². The van der Waals surface area contributed by atoms with Gasteiger partial charge in [0.25, 0.3) is 5.56 Å². The highest BCUT2D eigenvalue weighted by Crippen LogP contribution is 2.40. The quantitative estimate of drug-likeness (QED) is 0.387. The normalized spacial score (nSPS) is 12.4. The molecule has 2 aromatic carbocycles. The van der Waals surface area contributed by atoms with Crippen LogP contribution in [0.5, 0.6) is 5.75 Å². The Bertz CT molecular complexity index is 1440. The maximum atomic E-state index is 14.8. The molecule has 198 valence electrons. The number of methoxy groups -OCH3 is 1. The molecule has 0 bridgehead atoms. The summed E-state index contributed by atoms with van der Waals surface area (Å²) in [6.45, 7) is 0.121. The summed E-state index contributed by atoms with van der Waals surface area (Å²) in [7, 11) is 2.22. The van der Waals surface area contributed by atoms with Crippen LogP contribution in [0.15, 0.2) is 61.8 Å². The van der Waals surface area contributed by atoms with Gasteiger partial charge in [0.2, 0.25) is 0 Å². The van der Waals surface area contributed by atoms with Gasteiger partial charge in [-0.2, -0.15) is 13.2 Å². The van der Waals surface area contributed by atoms with Crippen LogP contribution in [-0.2, 0) is 22.8 Å². The molecule has 0 spiro atoms. The number of alkyl halides is 3. The lowest BCUT2D eigenvalue weighted by atomic mass is 10.2. The summed E-state index contributed by atoms with van der Waals surface area (Å²) in [5.41, 5.74) is -4.91. The van der Waals surface area contributed by atoms with E-state index in [0.717, 1.165) is 30.9 Å². The zero-order chi connectivity index (χ0) is 27.5. The molecule has 0 aliphatic rings. The molecule has 0 saturated carbocycles. The van der Waals surface area contributed by atoms with Crippen molar-refractivity contribution in [2.45, 2.75) is 28.5 Å². The highest BCUT2D eigenvalue weighted by molar-refractivity contribution is 7.99. The van der Waals surface area contributed by atoms with Gasteiger partial charge in [0.15, 0.2) is 6.10 Å². The Balaban J connectivity index is 2.07. The molecular weight excluding hydrogens is 544 g/mol. The number of ether oxygens (including phenoxy) is 2. The van der Waals surface area contributed by atoms with Gasteiger partial charge in [-0.3, -0.25) is 9.36 Å². The van der Waals surface area contributed by atoms with Crippen molar-refractivity contribution in [3.05, 3.63) is 79.8 Å². The van der Waals surface area contributed by atoms with Gasteiger partial charge in [-0.15, -0.1) is 0 Å². The first-order valence-electron chi connectivity index (χ1n) is 10.4. The summed E-state index contributed by atoms with van der Waals surface area (Å²) < 4.78 is 65.3. The van der Waals surface area contributed by atoms with Crippen LogP contribution in [-0.4, -0.2) is 40.0 Å². The molecule has 1 N–H and O–H groups in total. The number of benzene rings is 2. The smallest absolute Gasteiger partial charge is 0.431 e. The number of carbonyl (C=O) groups is 1. The van der Waals surface area contributed by atoms with E-state index in [1.165, 1.54) is 13.2 Å². The highest BCUT2D eigenvalue weighted by Gasteiger charge is 2.35. The second kappa shape index (κ2) is 11.4. The minimum absolute atomic E-state index is 0.0480. The number of aliphatic carboxylic acids is 1. The summed E-state index contributed by atoms with van der Waals surface area (Å²) >= 11 is 7.09. The van der Waals surface area contributed by atoms with Crippen LogP contribution in [0.3, 0.4) is 0 Å². The fourth-order valence-electron chi connectivity index (χ4n) is 3.25. The summed E-state index contributed by atoms with van der Waals surface area (Å²) in [5.74, 6) is -2.19. The molecule has 0 aliphatic carbocycles. The molecule has 0 saturated heterocycles. The van der Waals surface area contributed by atoms with E-state index in [4.69, 9.17) is 21.1 Å². The van der Waals surface area contributed by atoms with Crippen LogP contribution < -0.4 is 16.0 Å². The Morgan fingerprint density at radius 1 is 1.16 bits per heavy atom. The Kier molecular flexibility index (Phi) is 8.72. The van der Waals surface area contributed by atoms with Crippen molar-refractivity contribution in [2.24, 2.45) is 7.05 Å². The lowest BCUT2D eigenvalue weighted by Gasteiger charge is -2.18. The fourth-order valence-corrected chi connectivity index (χ4v) is 4.44. The van der Waals surface area contributed by atoms with E-state index >= 15 is 0 Å². The third kappa shape index (κ3) is 6.35. The largest absolute Gasteiger partial charge is 0.479 e. The van der Waals surface area contributed by atoms with Gasteiger partial charge >= 0.3 is 17.8 Å². The number of halogens is 5. The molecule has 37 heavy (non-hydrogen) atoms. The van der Waals surface area contributed by atoms with E-state index in [1.807, 2.05) is 0 Å². The summed E-state index contributed by atoms with van der Waals surface area (Å²) in [5, 5.41) is 9.31. The van der Waals surface area contributed by atoms with E-state index in [0.29, 0.717) is 4.90 Å². The van der Waals surface area contributed by atoms with Gasteiger partial charge in [-0.1, -0.05) is 35.5 Å². The van der Waals surface area contributed by atoms with Gasteiger partial charge < -0.3 is 14.6 Å². The Morgan fingerprint density at radius 2 is 1.84 bits per heavy atom. The van der Waals surface area contributed by atoms with Crippen LogP contribution >= 0.6 is 23.4 Å². The molecule has 1 atom stereocenters. The number of hydrogen-bond acceptors (Lipinski definition) is 6. The van der Waals surface area contributed by atoms with Crippen LogP contribution in [0.1, 0.15) is 12.1 Å². The molecule has 0 radical (unpaired) electrons. The van der Waals surface area contributed by atoms with Gasteiger partial charge in [-0.25, -0.2) is 18.5 Å². The zero-order valence-corrected chi connectivity index (χ0v) is 20.8. The Morgan fingerprint density at radius 3 is 2.46 bits per heavy atom. The summed E-state index contributed by atoms with van der Waals surface area (Å²) in [6.07, 6.45) is -6.17. The van der Waals surface area contributed by atoms with E-state index in [2.05, 4.69) is 0 Å². The molecule has 14 heteroatoms. The van der Waals surface area contributed by atoms with E-state index in [1.54, 1.807) is 18.2 Å². The average Bonchev–Trinajstić information content (AvgIpc) is 2.81. The van der Waals surface area contributed by atoms with Gasteiger partial charge in [0.05, 0.1) is 22.2 Å². The first-order chi connectivity index (χ1) is 17.3. The minimum atomic E-state index is -4.98. The molecule has 3 rings (SSSR count). The highest BCUT2D eigenvalue weighted by atomic mass is 35.5. The number of nitrogens with zero attached hydrogens (tertiary/aromatic N) is 2. The van der Waals surface area contributed by atoms with Crippen molar-refractivity contribution < 1.29 is 36.9 Å². The van der Waals surface area contributed by atoms with E-state index < -0.39 is 46.7 Å². The van der Waals surface area contributed by atoms with Crippen molar-refractivity contribution in [1.82, 2.24) is 9.13 Å². The van der Waals surface area contributed by atoms with Gasteiger partial charge in [0, 0.05) is 31.5 Å². The predicted molar refractivity (Wildman–Crippen MR) is 126 cm³/mol. The molecule has 1 unspecified atom stereocenters. The second-order valence-corrected chi connectivity index (χ2v) is 9.04. The number of carboxylic acid groups (broad SMARTS) is 1. The molecule has 1 aromatic heterocycles. The Labute approximate surface area is 216 Å². The number of rotatable bonds is 9. The van der Waals surface area contributed by atoms with E-state index in [-0.39, 0.29) is 43.9 Å². The van der Waals surface area contributed by atoms with Crippen LogP contribution in [0.4, 0.5) is 17.6 Å². The maximum absolute atomic E-state index is 14.8. The average molecular weight is 563 g/mol. The number of hydrogen-bond donors (Lipinski definition) is 1. The summed E-state index contributed by atoms with van der Waals surface area (Å²) in [4.78, 5) is 37.1. The second-order valence-electron chi connectivity index (χ2n) is 7.55. The van der Waals surface area contributed by atoms with Crippen LogP contribution in [0.2, 0.25) is 5.02 Å². The summed E-state index contributed by atoms with van der Waals surface area (Å²) in [6, 6.07) is 8.32. The first kappa shape index (κ1) is 28.3. The number of aromatic nitrogens is 2. The third-order valence-corrected chi connectivity index (χ3v) is 6.59. The van der Waals surface area contributed by atoms with Crippen LogP contribution in [0, 0.1) is 5.82 Å². The van der Waals surface area contributed by atoms with Gasteiger partial charge in [-0.05, 0) is 24.3 Å². The predicted octanol–water partition coefficient (Wildman–Crippen LogP) is 4.37. The van der Waals surface area contributed by atoms with Crippen molar-refractivity contribution in [1.29, 1.82) is 0 Å². The fraction of sp³-hybridized carbons (Fsp3) is 0.261. The van der Waals surface area contributed by atoms with Gasteiger partial charge in [0.1, 0.15) is 17.3 Å². The SMILES string of the molecule is COCCC(Oc1ccccc1Sc1cc(-n2c(=O)cc(C(F)(F)F)n(C)c2=O)c(F)cc1Cl)C(=O)O. The lowest BCUT2D eigenvalue weighted by molar-refractivity contribution is -0.146. The monoisotopic (exact) mass is 562 g/mol. The minimum Gasteiger partial charge on any atom is -0.479 e. The maximum Gasteiger partial charge on any atom is 0.431 e. The lowest BCUT2D eigenvalue weighted by Crippen LogP contribution is -2.41. The molecule has 3 aromatic rings. The van der Waals surface area contributed by atoms with E-state index in [9.17, 15) is 37.1 Å². The number of para-hydroxylation sites is 1. The zero-order valence-electron chi connectivity index (χ0n) is 19.2. The molecule has 1 heterocycles. The third-order valence-electron chi connectivity index (χ3n) is 5.05. The van der Waals surface area contributed by atoms with Crippen molar-refractivity contribution in [3.8, 4) is 11.4 Å². The van der Waals surface area contributed by atoms with Crippen molar-refractivity contribution in [3.63, 3.8) is 0 Å². The standard InChI is InChI=1S/C23H19ClF4N2O6S/c1-29-19(23(26,27)28)11-20(31)30(22(29)34)14-10-18(12(24)9-13(14)25)37-17-6-4-3-5-15(17)36-16(21(32)33)7-8-35-2/h3-6,9-11,16H,7-8H2,1-2H3,(H,32,33). The first-order valence-corrected chi connectivity index (χ1v) is 11.6. The van der Waals surface area contributed by atoms with Crippen molar-refractivity contribution in [2.75, 3.05) is 13.7 Å². The topological polar surface area (TPSA) is 99.8 Å². The molecule has 0 aliphatic heterocycles. The molecule has 8 nitrogen and oxygen atoms in total. The molecule has 0 fully saturated rings. The molecule has 0 amide bonds. The number of carboxylic acids is 1.